The first-order valence-electron chi connectivity index (χ1n) is 6.94. The minimum absolute atomic E-state index is 0.249. The van der Waals surface area contributed by atoms with E-state index in [0.717, 1.165) is 24.1 Å². The van der Waals surface area contributed by atoms with E-state index < -0.39 is 11.9 Å². The highest BCUT2D eigenvalue weighted by molar-refractivity contribution is 7.10. The number of aryl methyl sites for hydroxylation is 1. The smallest absolute Gasteiger partial charge is 0.315 e. The van der Waals surface area contributed by atoms with E-state index in [0.29, 0.717) is 13.0 Å². The van der Waals surface area contributed by atoms with Crippen molar-refractivity contribution in [1.82, 2.24) is 10.6 Å². The third-order valence-electron chi connectivity index (χ3n) is 3.78. The lowest BCUT2D eigenvalue weighted by atomic mass is 10.0. The molecule has 1 aliphatic carbocycles. The van der Waals surface area contributed by atoms with Crippen molar-refractivity contribution < 1.29 is 14.7 Å². The van der Waals surface area contributed by atoms with Gasteiger partial charge in [0.1, 0.15) is 0 Å². The number of rotatable bonds is 5. The molecular formula is C14H20N2O3S. The van der Waals surface area contributed by atoms with Crippen molar-refractivity contribution in [3.05, 3.63) is 21.9 Å². The van der Waals surface area contributed by atoms with Gasteiger partial charge in [0.15, 0.2) is 0 Å². The van der Waals surface area contributed by atoms with Crippen LogP contribution in [0.25, 0.3) is 0 Å². The summed E-state index contributed by atoms with van der Waals surface area (Å²) in [5.41, 5.74) is 1.25. The molecule has 2 atom stereocenters. The summed E-state index contributed by atoms with van der Waals surface area (Å²) in [5, 5.41) is 16.7. The van der Waals surface area contributed by atoms with Gasteiger partial charge in [-0.3, -0.25) is 4.79 Å². The van der Waals surface area contributed by atoms with Crippen molar-refractivity contribution in [2.45, 2.75) is 45.2 Å². The molecule has 0 spiro atoms. The maximum atomic E-state index is 11.9. The molecular weight excluding hydrogens is 276 g/mol. The van der Waals surface area contributed by atoms with Gasteiger partial charge in [-0.15, -0.1) is 11.3 Å². The van der Waals surface area contributed by atoms with Gasteiger partial charge in [0.05, 0.1) is 12.5 Å². The van der Waals surface area contributed by atoms with Crippen LogP contribution >= 0.6 is 11.3 Å². The van der Waals surface area contributed by atoms with Crippen molar-refractivity contribution in [2.24, 2.45) is 5.92 Å². The molecule has 2 rings (SSSR count). The van der Waals surface area contributed by atoms with E-state index in [-0.39, 0.29) is 12.1 Å². The molecule has 0 radical (unpaired) electrons. The number of carboxylic acid groups (broad SMARTS) is 1. The Hall–Kier alpha value is -1.56. The summed E-state index contributed by atoms with van der Waals surface area (Å²) >= 11 is 1.63. The fourth-order valence-electron chi connectivity index (χ4n) is 2.65. The Kier molecular flexibility index (Phi) is 5.00. The van der Waals surface area contributed by atoms with Gasteiger partial charge in [-0.05, 0) is 36.3 Å². The normalized spacial score (nSPS) is 21.6. The van der Waals surface area contributed by atoms with Crippen molar-refractivity contribution in [3.63, 3.8) is 0 Å². The van der Waals surface area contributed by atoms with Crippen LogP contribution in [0.2, 0.25) is 0 Å². The highest BCUT2D eigenvalue weighted by atomic mass is 32.1. The minimum atomic E-state index is -0.820. The highest BCUT2D eigenvalue weighted by Gasteiger charge is 2.33. The van der Waals surface area contributed by atoms with E-state index in [2.05, 4.69) is 23.6 Å². The fourth-order valence-corrected chi connectivity index (χ4v) is 3.56. The van der Waals surface area contributed by atoms with E-state index in [1.165, 1.54) is 5.56 Å². The average molecular weight is 296 g/mol. The first kappa shape index (κ1) is 14.8. The third-order valence-corrected chi connectivity index (χ3v) is 4.74. The number of hydrogen-bond donors (Lipinski definition) is 3. The molecule has 1 aromatic rings. The lowest BCUT2D eigenvalue weighted by Gasteiger charge is -2.18. The van der Waals surface area contributed by atoms with Gasteiger partial charge in [-0.25, -0.2) is 4.79 Å². The van der Waals surface area contributed by atoms with E-state index in [9.17, 15) is 9.59 Å². The van der Waals surface area contributed by atoms with Gasteiger partial charge < -0.3 is 15.7 Å². The molecule has 3 N–H and O–H groups in total. The van der Waals surface area contributed by atoms with Crippen LogP contribution in [0.1, 0.15) is 36.6 Å². The third kappa shape index (κ3) is 3.50. The molecule has 20 heavy (non-hydrogen) atoms. The zero-order valence-corrected chi connectivity index (χ0v) is 12.3. The molecule has 1 fully saturated rings. The Morgan fingerprint density at radius 2 is 2.25 bits per heavy atom. The number of hydrogen-bond acceptors (Lipinski definition) is 3. The number of thiophene rings is 1. The van der Waals surface area contributed by atoms with E-state index >= 15 is 0 Å². The number of amides is 2. The van der Waals surface area contributed by atoms with E-state index in [1.54, 1.807) is 11.3 Å². The first-order chi connectivity index (χ1) is 9.61. The second-order valence-electron chi connectivity index (χ2n) is 5.03. The van der Waals surface area contributed by atoms with Crippen LogP contribution in [-0.2, 0) is 17.8 Å². The lowest BCUT2D eigenvalue weighted by Crippen LogP contribution is -2.45. The number of carbonyl (C=O) groups is 2. The molecule has 6 heteroatoms. The van der Waals surface area contributed by atoms with Crippen LogP contribution in [0, 0.1) is 5.92 Å². The Bertz CT molecular complexity index is 487. The predicted octanol–water partition coefficient (Wildman–Crippen LogP) is 2.36. The van der Waals surface area contributed by atoms with Crippen LogP contribution in [0.4, 0.5) is 4.79 Å². The summed E-state index contributed by atoms with van der Waals surface area (Å²) < 4.78 is 0. The Morgan fingerprint density at radius 3 is 2.95 bits per heavy atom. The van der Waals surface area contributed by atoms with Gasteiger partial charge in [-0.2, -0.15) is 0 Å². The van der Waals surface area contributed by atoms with Crippen molar-refractivity contribution in [1.29, 1.82) is 0 Å². The summed E-state index contributed by atoms with van der Waals surface area (Å²) in [6.45, 7) is 2.58. The maximum absolute atomic E-state index is 11.9. The molecule has 2 unspecified atom stereocenters. The molecule has 0 saturated heterocycles. The van der Waals surface area contributed by atoms with Crippen LogP contribution in [0.3, 0.4) is 0 Å². The summed E-state index contributed by atoms with van der Waals surface area (Å²) in [7, 11) is 0. The molecule has 0 aromatic carbocycles. The molecule has 1 heterocycles. The Balaban J connectivity index is 1.82. The largest absolute Gasteiger partial charge is 0.481 e. The molecule has 2 amide bonds. The van der Waals surface area contributed by atoms with Crippen LogP contribution in [0.15, 0.2) is 11.4 Å². The summed E-state index contributed by atoms with van der Waals surface area (Å²) in [6.07, 6.45) is 3.19. The van der Waals surface area contributed by atoms with E-state index in [4.69, 9.17) is 5.11 Å². The number of carbonyl (C=O) groups excluding carboxylic acids is 1. The maximum Gasteiger partial charge on any atom is 0.315 e. The topological polar surface area (TPSA) is 78.4 Å². The van der Waals surface area contributed by atoms with Crippen molar-refractivity contribution >= 4 is 23.3 Å². The van der Waals surface area contributed by atoms with Gasteiger partial charge in [-0.1, -0.05) is 13.3 Å². The highest BCUT2D eigenvalue weighted by Crippen LogP contribution is 2.25. The SMILES string of the molecule is CCc1ccsc1CNC(=O)NC1CCCC1C(=O)O. The zero-order chi connectivity index (χ0) is 14.5. The number of carboxylic acids is 1. The van der Waals surface area contributed by atoms with Crippen LogP contribution < -0.4 is 10.6 Å². The second-order valence-corrected chi connectivity index (χ2v) is 6.03. The molecule has 5 nitrogen and oxygen atoms in total. The van der Waals surface area contributed by atoms with Crippen molar-refractivity contribution in [2.75, 3.05) is 0 Å². The molecule has 1 aliphatic rings. The van der Waals surface area contributed by atoms with Crippen LogP contribution in [0.5, 0.6) is 0 Å². The fraction of sp³-hybridized carbons (Fsp3) is 0.571. The molecule has 0 bridgehead atoms. The number of urea groups is 1. The van der Waals surface area contributed by atoms with Crippen LogP contribution in [-0.4, -0.2) is 23.1 Å². The predicted molar refractivity (Wildman–Crippen MR) is 77.8 cm³/mol. The van der Waals surface area contributed by atoms with Crippen molar-refractivity contribution in [3.8, 4) is 0 Å². The summed E-state index contributed by atoms with van der Waals surface area (Å²) in [4.78, 5) is 24.1. The van der Waals surface area contributed by atoms with Gasteiger partial charge in [0.2, 0.25) is 0 Å². The van der Waals surface area contributed by atoms with E-state index in [1.807, 2.05) is 5.38 Å². The zero-order valence-electron chi connectivity index (χ0n) is 11.5. The molecule has 110 valence electrons. The number of aliphatic carboxylic acids is 1. The minimum Gasteiger partial charge on any atom is -0.481 e. The van der Waals surface area contributed by atoms with Gasteiger partial charge in [0, 0.05) is 10.9 Å². The molecule has 1 aromatic heterocycles. The first-order valence-corrected chi connectivity index (χ1v) is 7.82. The Morgan fingerprint density at radius 1 is 1.45 bits per heavy atom. The molecule has 0 aliphatic heterocycles. The number of nitrogens with one attached hydrogen (secondary N) is 2. The van der Waals surface area contributed by atoms with Gasteiger partial charge >= 0.3 is 12.0 Å². The monoisotopic (exact) mass is 296 g/mol. The van der Waals surface area contributed by atoms with Gasteiger partial charge in [0.25, 0.3) is 0 Å². The lowest BCUT2D eigenvalue weighted by molar-refractivity contribution is -0.142. The standard InChI is InChI=1S/C14H20N2O3S/c1-2-9-6-7-20-12(9)8-15-14(19)16-11-5-3-4-10(11)13(17)18/h6-7,10-11H,2-5,8H2,1H3,(H,17,18)(H2,15,16,19). The summed E-state index contributed by atoms with van der Waals surface area (Å²) in [6, 6.07) is 1.54. The molecule has 1 saturated carbocycles. The second kappa shape index (κ2) is 6.74. The quantitative estimate of drug-likeness (QED) is 0.780. The Labute approximate surface area is 122 Å². The average Bonchev–Trinajstić information content (AvgIpc) is 3.04. The summed E-state index contributed by atoms with van der Waals surface area (Å²) in [5.74, 6) is -1.27.